The molecule has 1 aliphatic heterocycles. The Balaban J connectivity index is 0.000000718. The van der Waals surface area contributed by atoms with Crippen LogP contribution in [-0.2, 0) is 4.79 Å². The van der Waals surface area contributed by atoms with E-state index < -0.39 is 54.0 Å². The van der Waals surface area contributed by atoms with E-state index in [2.05, 4.69) is 5.32 Å². The van der Waals surface area contributed by atoms with Crippen molar-refractivity contribution < 1.29 is 56.7 Å². The lowest BCUT2D eigenvalue weighted by Crippen LogP contribution is -2.62. The second-order valence-corrected chi connectivity index (χ2v) is 7.68. The van der Waals surface area contributed by atoms with Crippen LogP contribution in [-0.4, -0.2) is 93.2 Å². The Labute approximate surface area is 191 Å². The first kappa shape index (κ1) is 29.9. The van der Waals surface area contributed by atoms with Gasteiger partial charge in [0.2, 0.25) is 0 Å². The summed E-state index contributed by atoms with van der Waals surface area (Å²) in [6.45, 7) is 0.741. The third kappa shape index (κ3) is 9.25. The lowest BCUT2D eigenvalue weighted by atomic mass is 9.94. The number of alkyl halides is 3. The second kappa shape index (κ2) is 13.7. The van der Waals surface area contributed by atoms with Crippen LogP contribution in [0.25, 0.3) is 0 Å². The van der Waals surface area contributed by atoms with Crippen LogP contribution in [0.4, 0.5) is 32.0 Å². The summed E-state index contributed by atoms with van der Waals surface area (Å²) in [4.78, 5) is 10.6. The maximum absolute atomic E-state index is 13.5. The molecule has 0 aliphatic carbocycles. The average molecular weight is 506 g/mol. The van der Waals surface area contributed by atoms with Crippen molar-refractivity contribution in [3.8, 4) is 0 Å². The van der Waals surface area contributed by atoms with Gasteiger partial charge in [0.05, 0.1) is 18.8 Å². The topological polar surface area (TPSA) is 133 Å². The summed E-state index contributed by atoms with van der Waals surface area (Å²) in [5.74, 6) is -5.65. The number of carbonyl (C=O) groups is 1. The van der Waals surface area contributed by atoms with Crippen LogP contribution in [0, 0.1) is 17.5 Å². The van der Waals surface area contributed by atoms with Crippen LogP contribution >= 0.6 is 0 Å². The molecule has 0 radical (unpaired) electrons. The van der Waals surface area contributed by atoms with E-state index in [1.807, 2.05) is 0 Å². The van der Waals surface area contributed by atoms with E-state index in [-0.39, 0.29) is 18.8 Å². The highest BCUT2D eigenvalue weighted by Gasteiger charge is 2.40. The van der Waals surface area contributed by atoms with Gasteiger partial charge in [-0.05, 0) is 19.4 Å². The third-order valence-electron chi connectivity index (χ3n) is 5.14. The zero-order valence-corrected chi connectivity index (χ0v) is 18.0. The molecule has 0 spiro atoms. The van der Waals surface area contributed by atoms with E-state index in [4.69, 9.17) is 9.90 Å². The van der Waals surface area contributed by atoms with Gasteiger partial charge in [0.15, 0.2) is 11.6 Å². The van der Waals surface area contributed by atoms with Gasteiger partial charge in [-0.2, -0.15) is 13.2 Å². The predicted octanol–water partition coefficient (Wildman–Crippen LogP) is 1.47. The SMILES string of the molecule is O=C(O)C(F)(F)F.OC[C@@H]1[C@@H](O)[C@H](O)[C@@H](O)CN1CCCCCCNc1c(F)cc(F)cc1F. The van der Waals surface area contributed by atoms with E-state index in [0.29, 0.717) is 31.6 Å². The number of likely N-dealkylation sites (tertiary alicyclic amines) is 1. The van der Waals surface area contributed by atoms with Crippen molar-refractivity contribution in [2.45, 2.75) is 56.2 Å². The standard InChI is InChI=1S/C18H27F3N2O4.C2HF3O2/c19-11-7-12(20)16(13(21)8-11)22-5-3-1-2-4-6-23-9-15(25)18(27)17(26)14(23)10-24;3-2(4,5)1(6)7/h7-8,14-15,17-18,22,24-27H,1-6,9-10H2;(H,6,7)/t14-,15+,17-,18-;/m1./s1. The normalized spacial score (nSPS) is 23.2. The van der Waals surface area contributed by atoms with Crippen molar-refractivity contribution >= 4 is 11.7 Å². The lowest BCUT2D eigenvalue weighted by Gasteiger charge is -2.43. The van der Waals surface area contributed by atoms with Crippen LogP contribution in [0.2, 0.25) is 0 Å². The molecule has 0 amide bonds. The lowest BCUT2D eigenvalue weighted by molar-refractivity contribution is -0.192. The van der Waals surface area contributed by atoms with E-state index in [9.17, 15) is 46.8 Å². The molecule has 1 fully saturated rings. The van der Waals surface area contributed by atoms with Crippen LogP contribution in [0.5, 0.6) is 0 Å². The van der Waals surface area contributed by atoms with Gasteiger partial charge >= 0.3 is 12.1 Å². The largest absolute Gasteiger partial charge is 0.490 e. The number of benzene rings is 1. The fraction of sp³-hybridized carbons (Fsp3) is 0.650. The van der Waals surface area contributed by atoms with Crippen molar-refractivity contribution in [3.63, 3.8) is 0 Å². The number of rotatable bonds is 9. The van der Waals surface area contributed by atoms with E-state index in [1.54, 1.807) is 4.90 Å². The number of carboxylic acid groups (broad SMARTS) is 1. The molecule has 0 unspecified atom stereocenters. The number of aliphatic hydroxyl groups excluding tert-OH is 4. The summed E-state index contributed by atoms with van der Waals surface area (Å²) >= 11 is 0. The highest BCUT2D eigenvalue weighted by atomic mass is 19.4. The van der Waals surface area contributed by atoms with Gasteiger partial charge in [0, 0.05) is 25.2 Å². The Hall–Kier alpha value is -2.13. The second-order valence-electron chi connectivity index (χ2n) is 7.68. The molecule has 8 nitrogen and oxygen atoms in total. The molecule has 2 rings (SSSR count). The van der Waals surface area contributed by atoms with Gasteiger partial charge in [0.1, 0.15) is 23.7 Å². The minimum atomic E-state index is -5.08. The van der Waals surface area contributed by atoms with Gasteiger partial charge in [0.25, 0.3) is 0 Å². The van der Waals surface area contributed by atoms with Crippen molar-refractivity contribution in [3.05, 3.63) is 29.6 Å². The minimum Gasteiger partial charge on any atom is -0.475 e. The molecule has 34 heavy (non-hydrogen) atoms. The number of anilines is 1. The quantitative estimate of drug-likeness (QED) is 0.219. The summed E-state index contributed by atoms with van der Waals surface area (Å²) in [5, 5.41) is 48.5. The van der Waals surface area contributed by atoms with Gasteiger partial charge in [-0.1, -0.05) is 12.8 Å². The maximum atomic E-state index is 13.5. The smallest absolute Gasteiger partial charge is 0.475 e. The molecule has 0 saturated carbocycles. The summed E-state index contributed by atoms with van der Waals surface area (Å²) in [5.41, 5.74) is -0.336. The maximum Gasteiger partial charge on any atom is 0.490 e. The van der Waals surface area contributed by atoms with Crippen molar-refractivity contribution in [1.82, 2.24) is 4.90 Å². The Morgan fingerprint density at radius 2 is 1.53 bits per heavy atom. The molecule has 6 N–H and O–H groups in total. The fourth-order valence-electron chi connectivity index (χ4n) is 3.35. The number of carboxylic acids is 1. The van der Waals surface area contributed by atoms with Crippen molar-refractivity contribution in [1.29, 1.82) is 0 Å². The number of piperidine rings is 1. The van der Waals surface area contributed by atoms with Gasteiger partial charge in [-0.25, -0.2) is 18.0 Å². The highest BCUT2D eigenvalue weighted by molar-refractivity contribution is 5.73. The average Bonchev–Trinajstić information content (AvgIpc) is 2.72. The molecular weight excluding hydrogens is 478 g/mol. The number of aliphatic carboxylic acids is 1. The summed E-state index contributed by atoms with van der Waals surface area (Å²) in [6, 6.07) is 0.637. The summed E-state index contributed by atoms with van der Waals surface area (Å²) < 4.78 is 71.5. The summed E-state index contributed by atoms with van der Waals surface area (Å²) in [7, 11) is 0. The van der Waals surface area contributed by atoms with E-state index in [1.165, 1.54) is 0 Å². The van der Waals surface area contributed by atoms with Crippen molar-refractivity contribution in [2.75, 3.05) is 31.6 Å². The third-order valence-corrected chi connectivity index (χ3v) is 5.14. The molecule has 196 valence electrons. The van der Waals surface area contributed by atoms with Crippen molar-refractivity contribution in [2.24, 2.45) is 0 Å². The Morgan fingerprint density at radius 1 is 1.00 bits per heavy atom. The molecule has 0 aromatic heterocycles. The number of aliphatic hydroxyl groups is 4. The van der Waals surface area contributed by atoms with E-state index >= 15 is 0 Å². The molecule has 1 aliphatic rings. The number of halogens is 6. The Bertz CT molecular complexity index is 761. The Morgan fingerprint density at radius 3 is 2.03 bits per heavy atom. The Kier molecular flexibility index (Phi) is 12.0. The number of nitrogens with zero attached hydrogens (tertiary/aromatic N) is 1. The van der Waals surface area contributed by atoms with Crippen LogP contribution < -0.4 is 5.32 Å². The van der Waals surface area contributed by atoms with Gasteiger partial charge in [-0.15, -0.1) is 0 Å². The molecule has 0 bridgehead atoms. The first-order valence-electron chi connectivity index (χ1n) is 10.4. The van der Waals surface area contributed by atoms with Crippen LogP contribution in [0.15, 0.2) is 12.1 Å². The molecule has 1 aromatic carbocycles. The van der Waals surface area contributed by atoms with Crippen LogP contribution in [0.3, 0.4) is 0 Å². The first-order chi connectivity index (χ1) is 15.8. The molecule has 4 atom stereocenters. The fourth-order valence-corrected chi connectivity index (χ4v) is 3.35. The molecule has 1 heterocycles. The molecule has 1 saturated heterocycles. The van der Waals surface area contributed by atoms with E-state index in [0.717, 1.165) is 19.3 Å². The molecule has 1 aromatic rings. The highest BCUT2D eigenvalue weighted by Crippen LogP contribution is 2.21. The first-order valence-corrected chi connectivity index (χ1v) is 10.4. The predicted molar refractivity (Wildman–Crippen MR) is 107 cm³/mol. The minimum absolute atomic E-state index is 0.175. The number of β-amino-alcohol motifs (C(OH)–C–C–N with tert-alkyl or cyclic N) is 1. The van der Waals surface area contributed by atoms with Crippen LogP contribution in [0.1, 0.15) is 25.7 Å². The summed E-state index contributed by atoms with van der Waals surface area (Å²) in [6.07, 6.45) is -5.63. The van der Waals surface area contributed by atoms with Gasteiger partial charge in [-0.3, -0.25) is 4.90 Å². The number of hydrogen-bond acceptors (Lipinski definition) is 7. The molecule has 14 heteroatoms. The molecular formula is C20H28F6N2O6. The number of nitrogens with one attached hydrogen (secondary N) is 1. The monoisotopic (exact) mass is 506 g/mol. The number of unbranched alkanes of at least 4 members (excludes halogenated alkanes) is 3. The zero-order valence-electron chi connectivity index (χ0n) is 18.0. The zero-order chi connectivity index (χ0) is 26.1. The van der Waals surface area contributed by atoms with Gasteiger partial charge < -0.3 is 30.8 Å². The number of hydrogen-bond donors (Lipinski definition) is 6.